The lowest BCUT2D eigenvalue weighted by Gasteiger charge is -2.27. The van der Waals surface area contributed by atoms with Gasteiger partial charge >= 0.3 is 6.18 Å². The van der Waals surface area contributed by atoms with E-state index in [1.165, 1.54) is 20.3 Å². The van der Waals surface area contributed by atoms with Gasteiger partial charge in [0.05, 0.1) is 19.8 Å². The predicted molar refractivity (Wildman–Crippen MR) is 77.6 cm³/mol. The molecule has 1 saturated heterocycles. The molecule has 0 bridgehead atoms. The van der Waals surface area contributed by atoms with Gasteiger partial charge in [0.25, 0.3) is 0 Å². The molecule has 1 aliphatic rings. The molecule has 0 unspecified atom stereocenters. The summed E-state index contributed by atoms with van der Waals surface area (Å²) in [6, 6.07) is 2.45. The quantitative estimate of drug-likeness (QED) is 0.902. The van der Waals surface area contributed by atoms with E-state index in [1.54, 1.807) is 0 Å². The number of hydrogen-bond acceptors (Lipinski definition) is 4. The van der Waals surface area contributed by atoms with Gasteiger partial charge in [-0.25, -0.2) is 0 Å². The average Bonchev–Trinajstić information content (AvgIpc) is 2.52. The van der Waals surface area contributed by atoms with E-state index in [-0.39, 0.29) is 11.3 Å². The number of rotatable bonds is 5. The maximum absolute atomic E-state index is 13.2. The summed E-state index contributed by atoms with van der Waals surface area (Å²) in [7, 11) is 2.75. The number of ether oxygens (including phenoxy) is 2. The first-order valence-electron chi connectivity index (χ1n) is 7.21. The fourth-order valence-electron chi connectivity index (χ4n) is 2.61. The first-order chi connectivity index (χ1) is 10.5. The molecule has 0 aromatic heterocycles. The van der Waals surface area contributed by atoms with Gasteiger partial charge in [0.15, 0.2) is 11.5 Å². The van der Waals surface area contributed by atoms with Crippen LogP contribution in [0.2, 0.25) is 0 Å². The Bertz CT molecular complexity index is 500. The first-order valence-corrected chi connectivity index (χ1v) is 7.21. The van der Waals surface area contributed by atoms with E-state index in [0.717, 1.165) is 32.2 Å². The zero-order valence-electron chi connectivity index (χ0n) is 12.8. The summed E-state index contributed by atoms with van der Waals surface area (Å²) in [4.78, 5) is 2.16. The third-order valence-corrected chi connectivity index (χ3v) is 3.82. The molecule has 0 amide bonds. The number of nitrogens with zero attached hydrogens (tertiary/aromatic N) is 1. The van der Waals surface area contributed by atoms with Crippen LogP contribution in [0.25, 0.3) is 0 Å². The zero-order valence-corrected chi connectivity index (χ0v) is 12.8. The molecule has 0 radical (unpaired) electrons. The highest BCUT2D eigenvalue weighted by Gasteiger charge is 2.34. The Hall–Kier alpha value is -1.47. The van der Waals surface area contributed by atoms with E-state index in [1.807, 2.05) is 0 Å². The third kappa shape index (κ3) is 4.04. The van der Waals surface area contributed by atoms with Crippen LogP contribution in [0.5, 0.6) is 11.5 Å². The van der Waals surface area contributed by atoms with Gasteiger partial charge in [-0.2, -0.15) is 13.2 Å². The van der Waals surface area contributed by atoms with E-state index >= 15 is 0 Å². The standard InChI is InChI=1S/C15H21F3N2O2/c1-21-13-9-11(3-6-20-7-4-19-5-8-20)12(15(16,17)18)10-14(13)22-2/h9-10,19H,3-8H2,1-2H3. The summed E-state index contributed by atoms with van der Waals surface area (Å²) >= 11 is 0. The van der Waals surface area contributed by atoms with Crippen molar-refractivity contribution in [3.8, 4) is 11.5 Å². The molecule has 0 atom stereocenters. The molecule has 1 aromatic rings. The van der Waals surface area contributed by atoms with Crippen molar-refractivity contribution in [2.45, 2.75) is 12.6 Å². The topological polar surface area (TPSA) is 33.7 Å². The molecule has 0 spiro atoms. The van der Waals surface area contributed by atoms with Crippen molar-refractivity contribution in [1.82, 2.24) is 10.2 Å². The number of hydrogen-bond donors (Lipinski definition) is 1. The van der Waals surface area contributed by atoms with Crippen molar-refractivity contribution in [3.63, 3.8) is 0 Å². The van der Waals surface area contributed by atoms with Gasteiger partial charge in [-0.1, -0.05) is 0 Å². The molecule has 1 aromatic carbocycles. The number of benzene rings is 1. The van der Waals surface area contributed by atoms with E-state index in [4.69, 9.17) is 9.47 Å². The highest BCUT2D eigenvalue weighted by atomic mass is 19.4. The van der Waals surface area contributed by atoms with Crippen LogP contribution >= 0.6 is 0 Å². The summed E-state index contributed by atoms with van der Waals surface area (Å²) < 4.78 is 49.8. The van der Waals surface area contributed by atoms with Gasteiger partial charge < -0.3 is 19.7 Å². The molecule has 1 N–H and O–H groups in total. The molecule has 124 valence electrons. The highest BCUT2D eigenvalue weighted by molar-refractivity contribution is 5.48. The average molecular weight is 318 g/mol. The minimum Gasteiger partial charge on any atom is -0.493 e. The van der Waals surface area contributed by atoms with Gasteiger partial charge in [0.2, 0.25) is 0 Å². The number of halogens is 3. The normalized spacial score (nSPS) is 16.6. The van der Waals surface area contributed by atoms with Crippen molar-refractivity contribution < 1.29 is 22.6 Å². The van der Waals surface area contributed by atoms with Crippen LogP contribution in [0.1, 0.15) is 11.1 Å². The molecular weight excluding hydrogens is 297 g/mol. The maximum Gasteiger partial charge on any atom is 0.416 e. The lowest BCUT2D eigenvalue weighted by molar-refractivity contribution is -0.138. The van der Waals surface area contributed by atoms with E-state index in [2.05, 4.69) is 10.2 Å². The van der Waals surface area contributed by atoms with Gasteiger partial charge in [-0.05, 0) is 24.1 Å². The van der Waals surface area contributed by atoms with Crippen molar-refractivity contribution in [1.29, 1.82) is 0 Å². The fraction of sp³-hybridized carbons (Fsp3) is 0.600. The van der Waals surface area contributed by atoms with E-state index in [0.29, 0.717) is 18.7 Å². The van der Waals surface area contributed by atoms with Crippen LogP contribution in [-0.4, -0.2) is 51.8 Å². The van der Waals surface area contributed by atoms with Crippen molar-refractivity contribution in [2.75, 3.05) is 46.9 Å². The number of piperazine rings is 1. The van der Waals surface area contributed by atoms with Gasteiger partial charge in [0, 0.05) is 32.7 Å². The lowest BCUT2D eigenvalue weighted by atomic mass is 10.0. The molecule has 2 rings (SSSR count). The lowest BCUT2D eigenvalue weighted by Crippen LogP contribution is -2.44. The summed E-state index contributed by atoms with van der Waals surface area (Å²) in [5.74, 6) is 0.423. The zero-order chi connectivity index (χ0) is 16.2. The van der Waals surface area contributed by atoms with Crippen LogP contribution < -0.4 is 14.8 Å². The second-order valence-corrected chi connectivity index (χ2v) is 5.20. The van der Waals surface area contributed by atoms with Gasteiger partial charge in [-0.15, -0.1) is 0 Å². The van der Waals surface area contributed by atoms with Crippen molar-refractivity contribution in [3.05, 3.63) is 23.3 Å². The van der Waals surface area contributed by atoms with Crippen molar-refractivity contribution in [2.24, 2.45) is 0 Å². The Morgan fingerprint density at radius 2 is 1.68 bits per heavy atom. The molecule has 0 aliphatic carbocycles. The third-order valence-electron chi connectivity index (χ3n) is 3.82. The SMILES string of the molecule is COc1cc(CCN2CCNCC2)c(C(F)(F)F)cc1OC. The van der Waals surface area contributed by atoms with Crippen LogP contribution in [-0.2, 0) is 12.6 Å². The molecule has 4 nitrogen and oxygen atoms in total. The van der Waals surface area contributed by atoms with Crippen LogP contribution in [0.3, 0.4) is 0 Å². The first kappa shape index (κ1) is 16.9. The molecule has 0 saturated carbocycles. The number of methoxy groups -OCH3 is 2. The second-order valence-electron chi connectivity index (χ2n) is 5.20. The fourth-order valence-corrected chi connectivity index (χ4v) is 2.61. The maximum atomic E-state index is 13.2. The van der Waals surface area contributed by atoms with Crippen LogP contribution in [0.15, 0.2) is 12.1 Å². The Labute approximate surface area is 128 Å². The molecule has 1 fully saturated rings. The summed E-state index contributed by atoms with van der Waals surface area (Å²) in [6.45, 7) is 4.06. The molecule has 1 heterocycles. The molecule has 22 heavy (non-hydrogen) atoms. The van der Waals surface area contributed by atoms with Gasteiger partial charge in [0.1, 0.15) is 0 Å². The Morgan fingerprint density at radius 3 is 2.23 bits per heavy atom. The van der Waals surface area contributed by atoms with E-state index < -0.39 is 11.7 Å². The van der Waals surface area contributed by atoms with Crippen LogP contribution in [0, 0.1) is 0 Å². The molecule has 1 aliphatic heterocycles. The molecular formula is C15H21F3N2O2. The summed E-state index contributed by atoms with van der Waals surface area (Å²) in [5.41, 5.74) is -0.413. The predicted octanol–water partition coefficient (Wildman–Crippen LogP) is 2.17. The largest absolute Gasteiger partial charge is 0.493 e. The minimum absolute atomic E-state index is 0.0979. The molecule has 7 heteroatoms. The van der Waals surface area contributed by atoms with Crippen molar-refractivity contribution >= 4 is 0 Å². The smallest absolute Gasteiger partial charge is 0.416 e. The Kier molecular flexibility index (Phi) is 5.52. The highest BCUT2D eigenvalue weighted by Crippen LogP contribution is 2.39. The monoisotopic (exact) mass is 318 g/mol. The second kappa shape index (κ2) is 7.19. The number of nitrogens with one attached hydrogen (secondary N) is 1. The summed E-state index contributed by atoms with van der Waals surface area (Å²) in [5, 5.41) is 3.22. The van der Waals surface area contributed by atoms with Gasteiger partial charge in [-0.3, -0.25) is 0 Å². The van der Waals surface area contributed by atoms with E-state index in [9.17, 15) is 13.2 Å². The minimum atomic E-state index is -4.40. The van der Waals surface area contributed by atoms with Crippen LogP contribution in [0.4, 0.5) is 13.2 Å². The number of alkyl halides is 3. The Morgan fingerprint density at radius 1 is 1.09 bits per heavy atom. The summed E-state index contributed by atoms with van der Waals surface area (Å²) in [6.07, 6.45) is -4.08. The Balaban J connectivity index is 2.23.